The van der Waals surface area contributed by atoms with E-state index in [2.05, 4.69) is 27.3 Å². The predicted molar refractivity (Wildman–Crippen MR) is 78.7 cm³/mol. The number of amides is 1. The summed E-state index contributed by atoms with van der Waals surface area (Å²) in [4.78, 5) is 12.9. The molecule has 5 heteroatoms. The van der Waals surface area contributed by atoms with Crippen molar-refractivity contribution >= 4 is 33.2 Å². The molecule has 0 bridgehead atoms. The second-order valence-electron chi connectivity index (χ2n) is 3.94. The molecule has 2 aromatic rings. The molecule has 3 nitrogen and oxygen atoms in total. The van der Waals surface area contributed by atoms with Gasteiger partial charge in [0, 0.05) is 9.35 Å². The van der Waals surface area contributed by atoms with E-state index in [1.807, 2.05) is 41.8 Å². The lowest BCUT2D eigenvalue weighted by molar-refractivity contribution is -0.120. The topological polar surface area (TPSA) is 52.9 Å². The maximum absolute atomic E-state index is 11.9. The largest absolute Gasteiger partial charge is 0.336 e. The number of hydrogen-bond acceptors (Lipinski definition) is 3. The fraction of sp³-hybridized carbons (Fsp3) is 0.143. The summed E-state index contributed by atoms with van der Waals surface area (Å²) >= 11 is 4.89. The predicted octanol–water partition coefficient (Wildman–Crippen LogP) is 3.43. The van der Waals surface area contributed by atoms with Crippen molar-refractivity contribution < 1.29 is 4.79 Å². The normalized spacial score (nSPS) is 11.6. The highest BCUT2D eigenvalue weighted by Gasteiger charge is 2.14. The van der Waals surface area contributed by atoms with Crippen LogP contribution in [0, 0.1) is 11.3 Å². The third-order valence-corrected chi connectivity index (χ3v) is 3.90. The summed E-state index contributed by atoms with van der Waals surface area (Å²) in [5.74, 6) is -0.144. The van der Waals surface area contributed by atoms with E-state index < -0.39 is 6.04 Å². The van der Waals surface area contributed by atoms with Gasteiger partial charge in [-0.1, -0.05) is 34.1 Å². The Kier molecular flexibility index (Phi) is 4.72. The number of nitrogens with one attached hydrogen (secondary N) is 1. The first kappa shape index (κ1) is 13.8. The zero-order chi connectivity index (χ0) is 13.7. The van der Waals surface area contributed by atoms with Crippen LogP contribution in [0.2, 0.25) is 0 Å². The third kappa shape index (κ3) is 3.91. The average molecular weight is 335 g/mol. The van der Waals surface area contributed by atoms with Gasteiger partial charge in [0.1, 0.15) is 6.04 Å². The maximum atomic E-state index is 11.9. The molecule has 96 valence electrons. The Morgan fingerprint density at radius 2 is 2.26 bits per heavy atom. The molecule has 0 saturated heterocycles. The Balaban J connectivity index is 2.03. The van der Waals surface area contributed by atoms with Crippen LogP contribution in [0.3, 0.4) is 0 Å². The first-order chi connectivity index (χ1) is 9.19. The zero-order valence-corrected chi connectivity index (χ0v) is 12.4. The lowest BCUT2D eigenvalue weighted by atomic mass is 10.1. The van der Waals surface area contributed by atoms with Crippen LogP contribution in [-0.4, -0.2) is 5.91 Å². The quantitative estimate of drug-likeness (QED) is 0.931. The van der Waals surface area contributed by atoms with E-state index in [0.717, 1.165) is 14.9 Å². The van der Waals surface area contributed by atoms with Gasteiger partial charge in [-0.05, 0) is 29.1 Å². The van der Waals surface area contributed by atoms with E-state index >= 15 is 0 Å². The van der Waals surface area contributed by atoms with E-state index in [-0.39, 0.29) is 5.91 Å². The van der Waals surface area contributed by atoms with Gasteiger partial charge < -0.3 is 5.32 Å². The minimum absolute atomic E-state index is 0.144. The Morgan fingerprint density at radius 3 is 2.89 bits per heavy atom. The van der Waals surface area contributed by atoms with Crippen LogP contribution in [0.25, 0.3) is 0 Å². The number of hydrogen-bond donors (Lipinski definition) is 1. The summed E-state index contributed by atoms with van der Waals surface area (Å²) in [7, 11) is 0. The summed E-state index contributed by atoms with van der Waals surface area (Å²) in [6.07, 6.45) is 0.309. The number of carbonyl (C=O) groups excluding carboxylic acids is 1. The molecular formula is C14H11BrN2OS. The molecule has 19 heavy (non-hydrogen) atoms. The number of nitrogens with zero attached hydrogens (tertiary/aromatic N) is 1. The minimum atomic E-state index is -0.620. The molecule has 2 rings (SSSR count). The Morgan fingerprint density at radius 1 is 1.42 bits per heavy atom. The molecule has 0 aliphatic carbocycles. The van der Waals surface area contributed by atoms with Crippen LogP contribution in [0.5, 0.6) is 0 Å². The van der Waals surface area contributed by atoms with Crippen LogP contribution in [0.1, 0.15) is 16.5 Å². The molecule has 1 unspecified atom stereocenters. The Bertz CT molecular complexity index is 604. The smallest absolute Gasteiger partial charge is 0.226 e. The summed E-state index contributed by atoms with van der Waals surface area (Å²) in [6, 6.07) is 12.7. The molecule has 0 fully saturated rings. The minimum Gasteiger partial charge on any atom is -0.336 e. The molecule has 0 aliphatic heterocycles. The lowest BCUT2D eigenvalue weighted by Crippen LogP contribution is -2.28. The molecule has 0 aliphatic rings. The fourth-order valence-electron chi connectivity index (χ4n) is 1.66. The molecule has 0 radical (unpaired) electrons. The summed E-state index contributed by atoms with van der Waals surface area (Å²) in [6.45, 7) is 0. The van der Waals surface area contributed by atoms with Gasteiger partial charge in [0.05, 0.1) is 12.5 Å². The van der Waals surface area contributed by atoms with E-state index in [0.29, 0.717) is 6.42 Å². The fourth-order valence-corrected chi connectivity index (χ4v) is 2.78. The van der Waals surface area contributed by atoms with Crippen molar-refractivity contribution in [1.29, 1.82) is 5.26 Å². The van der Waals surface area contributed by atoms with Crippen LogP contribution < -0.4 is 5.32 Å². The summed E-state index contributed by atoms with van der Waals surface area (Å²) < 4.78 is 0.887. The first-order valence-electron chi connectivity index (χ1n) is 5.66. The standard InChI is InChI=1S/C14H11BrN2OS/c15-11-4-1-3-10(7-11)13(9-16)17-14(18)8-12-5-2-6-19-12/h1-7,13H,8H2,(H,17,18). The van der Waals surface area contributed by atoms with Crippen LogP contribution in [-0.2, 0) is 11.2 Å². The van der Waals surface area contributed by atoms with Crippen molar-refractivity contribution in [3.05, 3.63) is 56.7 Å². The highest BCUT2D eigenvalue weighted by atomic mass is 79.9. The highest BCUT2D eigenvalue weighted by molar-refractivity contribution is 9.10. The third-order valence-electron chi connectivity index (χ3n) is 2.53. The second kappa shape index (κ2) is 6.50. The van der Waals surface area contributed by atoms with Crippen molar-refractivity contribution in [1.82, 2.24) is 5.32 Å². The van der Waals surface area contributed by atoms with Gasteiger partial charge in [-0.25, -0.2) is 0 Å². The molecule has 1 atom stereocenters. The van der Waals surface area contributed by atoms with Crippen molar-refractivity contribution in [2.45, 2.75) is 12.5 Å². The van der Waals surface area contributed by atoms with Crippen molar-refractivity contribution in [3.8, 4) is 6.07 Å². The van der Waals surface area contributed by atoms with Gasteiger partial charge in [0.25, 0.3) is 0 Å². The molecule has 0 spiro atoms. The molecule has 1 N–H and O–H groups in total. The monoisotopic (exact) mass is 334 g/mol. The van der Waals surface area contributed by atoms with Gasteiger partial charge in [-0.2, -0.15) is 5.26 Å². The van der Waals surface area contributed by atoms with E-state index in [9.17, 15) is 4.79 Å². The maximum Gasteiger partial charge on any atom is 0.226 e. The zero-order valence-electron chi connectivity index (χ0n) is 9.97. The van der Waals surface area contributed by atoms with Crippen molar-refractivity contribution in [2.75, 3.05) is 0 Å². The molecule has 0 saturated carbocycles. The van der Waals surface area contributed by atoms with Gasteiger partial charge in [-0.15, -0.1) is 11.3 Å². The Hall–Kier alpha value is -1.64. The highest BCUT2D eigenvalue weighted by Crippen LogP contribution is 2.18. The van der Waals surface area contributed by atoms with E-state index in [1.165, 1.54) is 11.3 Å². The number of rotatable bonds is 4. The van der Waals surface area contributed by atoms with Crippen LogP contribution >= 0.6 is 27.3 Å². The molecule has 1 aromatic heterocycles. The van der Waals surface area contributed by atoms with Gasteiger partial charge in [0.15, 0.2) is 0 Å². The van der Waals surface area contributed by atoms with Crippen LogP contribution in [0.15, 0.2) is 46.3 Å². The van der Waals surface area contributed by atoms with Crippen molar-refractivity contribution in [3.63, 3.8) is 0 Å². The van der Waals surface area contributed by atoms with Gasteiger partial charge in [0.2, 0.25) is 5.91 Å². The molecule has 1 amide bonds. The number of halogens is 1. The summed E-state index contributed by atoms with van der Waals surface area (Å²) in [5, 5.41) is 13.8. The lowest BCUT2D eigenvalue weighted by Gasteiger charge is -2.11. The Labute approximate surface area is 124 Å². The number of nitriles is 1. The summed E-state index contributed by atoms with van der Waals surface area (Å²) in [5.41, 5.74) is 0.774. The average Bonchev–Trinajstić information content (AvgIpc) is 2.88. The second-order valence-corrected chi connectivity index (χ2v) is 5.89. The SMILES string of the molecule is N#CC(NC(=O)Cc1cccs1)c1cccc(Br)c1. The van der Waals surface area contributed by atoms with Crippen molar-refractivity contribution in [2.24, 2.45) is 0 Å². The van der Waals surface area contributed by atoms with Gasteiger partial charge in [-0.3, -0.25) is 4.79 Å². The first-order valence-corrected chi connectivity index (χ1v) is 7.33. The van der Waals surface area contributed by atoms with E-state index in [4.69, 9.17) is 5.26 Å². The van der Waals surface area contributed by atoms with Gasteiger partial charge >= 0.3 is 0 Å². The number of benzene rings is 1. The molecule has 1 heterocycles. The number of thiophene rings is 1. The molecular weight excluding hydrogens is 324 g/mol. The number of carbonyl (C=O) groups is 1. The van der Waals surface area contributed by atoms with E-state index in [1.54, 1.807) is 0 Å². The van der Waals surface area contributed by atoms with Crippen LogP contribution in [0.4, 0.5) is 0 Å². The molecule has 1 aromatic carbocycles.